The minimum absolute atomic E-state index is 0. The second kappa shape index (κ2) is 12.9. The topological polar surface area (TPSA) is 85.8 Å². The molecule has 3 N–H and O–H groups in total. The van der Waals surface area contributed by atoms with E-state index in [1.807, 2.05) is 30.3 Å². The average Bonchev–Trinajstić information content (AvgIpc) is 2.79. The van der Waals surface area contributed by atoms with Gasteiger partial charge in [0.2, 0.25) is 5.91 Å². The normalized spacial score (nSPS) is 13.8. The lowest BCUT2D eigenvalue weighted by molar-refractivity contribution is -0.123. The summed E-state index contributed by atoms with van der Waals surface area (Å²) in [5.41, 5.74) is 2.98. The largest absolute Gasteiger partial charge is 0.356 e. The van der Waals surface area contributed by atoms with Gasteiger partial charge in [-0.05, 0) is 36.1 Å². The summed E-state index contributed by atoms with van der Waals surface area (Å²) >= 11 is 0. The van der Waals surface area contributed by atoms with Crippen molar-refractivity contribution in [1.29, 1.82) is 0 Å². The number of hydrogen-bond acceptors (Lipinski definition) is 3. The molecular formula is C23H30IN5O2. The molecule has 1 saturated heterocycles. The van der Waals surface area contributed by atoms with E-state index in [4.69, 9.17) is 0 Å². The fourth-order valence-corrected chi connectivity index (χ4v) is 3.31. The fraction of sp³-hybridized carbons (Fsp3) is 0.348. The van der Waals surface area contributed by atoms with Gasteiger partial charge in [0.1, 0.15) is 0 Å². The number of aliphatic imine (C=N–C) groups is 1. The number of hydrogen-bond donors (Lipinski definition) is 3. The minimum atomic E-state index is -0.113. The standard InChI is InChI=1S/C23H29N5O2.HI/c1-24-23(26-13-5-8-18-6-3-2-4-7-18)27-16-19-9-11-20(12-10-19)22(30)28-15-14-25-21(29)17-28;/h2-4,6-7,9-12H,5,8,13-17H2,1H3,(H,25,29)(H2,24,26,27);1H. The number of piperazine rings is 1. The molecule has 2 aromatic carbocycles. The molecule has 0 aliphatic carbocycles. The summed E-state index contributed by atoms with van der Waals surface area (Å²) in [5.74, 6) is 0.529. The van der Waals surface area contributed by atoms with E-state index in [2.05, 4.69) is 45.2 Å². The first-order valence-corrected chi connectivity index (χ1v) is 10.3. The van der Waals surface area contributed by atoms with Crippen molar-refractivity contribution in [3.8, 4) is 0 Å². The highest BCUT2D eigenvalue weighted by molar-refractivity contribution is 14.0. The van der Waals surface area contributed by atoms with Crippen molar-refractivity contribution in [2.24, 2.45) is 4.99 Å². The maximum atomic E-state index is 12.5. The van der Waals surface area contributed by atoms with Crippen LogP contribution in [0.25, 0.3) is 0 Å². The van der Waals surface area contributed by atoms with Crippen molar-refractivity contribution in [3.05, 3.63) is 71.3 Å². The highest BCUT2D eigenvalue weighted by atomic mass is 127. The van der Waals surface area contributed by atoms with Crippen LogP contribution < -0.4 is 16.0 Å². The molecule has 31 heavy (non-hydrogen) atoms. The molecule has 1 aliphatic rings. The highest BCUT2D eigenvalue weighted by Crippen LogP contribution is 2.09. The van der Waals surface area contributed by atoms with Crippen LogP contribution in [0.5, 0.6) is 0 Å². The third-order valence-electron chi connectivity index (χ3n) is 4.99. The molecule has 1 aliphatic heterocycles. The van der Waals surface area contributed by atoms with Gasteiger partial charge in [0.15, 0.2) is 5.96 Å². The number of guanidine groups is 1. The van der Waals surface area contributed by atoms with Gasteiger partial charge in [-0.1, -0.05) is 42.5 Å². The zero-order valence-corrected chi connectivity index (χ0v) is 20.1. The van der Waals surface area contributed by atoms with Crippen molar-refractivity contribution in [2.75, 3.05) is 33.2 Å². The SMILES string of the molecule is CN=C(NCCCc1ccccc1)NCc1ccc(C(=O)N2CCNC(=O)C2)cc1.I. The third kappa shape index (κ3) is 7.86. The van der Waals surface area contributed by atoms with Gasteiger partial charge in [-0.15, -0.1) is 24.0 Å². The van der Waals surface area contributed by atoms with Crippen molar-refractivity contribution in [2.45, 2.75) is 19.4 Å². The van der Waals surface area contributed by atoms with Crippen molar-refractivity contribution in [3.63, 3.8) is 0 Å². The lowest BCUT2D eigenvalue weighted by Gasteiger charge is -2.26. The number of aryl methyl sites for hydroxylation is 1. The van der Waals surface area contributed by atoms with Crippen LogP contribution in [-0.2, 0) is 17.8 Å². The molecule has 8 heteroatoms. The second-order valence-electron chi connectivity index (χ2n) is 7.22. The maximum Gasteiger partial charge on any atom is 0.254 e. The van der Waals surface area contributed by atoms with Gasteiger partial charge in [0.05, 0.1) is 6.54 Å². The predicted octanol–water partition coefficient (Wildman–Crippen LogP) is 2.17. The van der Waals surface area contributed by atoms with Crippen LogP contribution in [0, 0.1) is 0 Å². The first-order chi connectivity index (χ1) is 14.7. The number of amides is 2. The van der Waals surface area contributed by atoms with Crippen molar-refractivity contribution < 1.29 is 9.59 Å². The van der Waals surface area contributed by atoms with Crippen LogP contribution >= 0.6 is 24.0 Å². The predicted molar refractivity (Wildman–Crippen MR) is 134 cm³/mol. The number of carbonyl (C=O) groups is 2. The van der Waals surface area contributed by atoms with E-state index in [0.29, 0.717) is 25.2 Å². The lowest BCUT2D eigenvalue weighted by Crippen LogP contribution is -2.49. The van der Waals surface area contributed by atoms with Gasteiger partial charge in [0, 0.05) is 38.8 Å². The molecule has 0 spiro atoms. The highest BCUT2D eigenvalue weighted by Gasteiger charge is 2.22. The Labute approximate surface area is 200 Å². The Hall–Kier alpha value is -2.62. The Morgan fingerprint density at radius 3 is 2.48 bits per heavy atom. The van der Waals surface area contributed by atoms with Gasteiger partial charge in [-0.3, -0.25) is 14.6 Å². The van der Waals surface area contributed by atoms with E-state index in [1.165, 1.54) is 5.56 Å². The number of benzene rings is 2. The van der Waals surface area contributed by atoms with Gasteiger partial charge < -0.3 is 20.9 Å². The van der Waals surface area contributed by atoms with Crippen LogP contribution in [0.3, 0.4) is 0 Å². The smallest absolute Gasteiger partial charge is 0.254 e. The molecule has 2 aromatic rings. The Morgan fingerprint density at radius 2 is 1.81 bits per heavy atom. The summed E-state index contributed by atoms with van der Waals surface area (Å²) in [7, 11) is 1.75. The molecule has 1 heterocycles. The number of carbonyl (C=O) groups excluding carboxylic acids is 2. The Morgan fingerprint density at radius 1 is 1.06 bits per heavy atom. The summed E-state index contributed by atoms with van der Waals surface area (Å²) in [6.07, 6.45) is 2.05. The van der Waals surface area contributed by atoms with Crippen LogP contribution in [0.1, 0.15) is 27.9 Å². The average molecular weight is 535 g/mol. The van der Waals surface area contributed by atoms with Crippen LogP contribution in [0.4, 0.5) is 0 Å². The number of nitrogens with zero attached hydrogens (tertiary/aromatic N) is 2. The van der Waals surface area contributed by atoms with Crippen LogP contribution in [-0.4, -0.2) is 55.9 Å². The zero-order chi connectivity index (χ0) is 21.2. The molecule has 166 valence electrons. The molecular weight excluding hydrogens is 505 g/mol. The van der Waals surface area contributed by atoms with E-state index in [1.54, 1.807) is 11.9 Å². The molecule has 0 atom stereocenters. The van der Waals surface area contributed by atoms with Gasteiger partial charge >= 0.3 is 0 Å². The summed E-state index contributed by atoms with van der Waals surface area (Å²) in [4.78, 5) is 29.8. The van der Waals surface area contributed by atoms with Gasteiger partial charge in [-0.25, -0.2) is 0 Å². The lowest BCUT2D eigenvalue weighted by atomic mass is 10.1. The van der Waals surface area contributed by atoms with E-state index in [-0.39, 0.29) is 42.3 Å². The first kappa shape index (κ1) is 24.6. The molecule has 0 bridgehead atoms. The molecule has 1 fully saturated rings. The molecule has 0 saturated carbocycles. The summed E-state index contributed by atoms with van der Waals surface area (Å²) in [6.45, 7) is 2.61. The second-order valence-corrected chi connectivity index (χ2v) is 7.22. The zero-order valence-electron chi connectivity index (χ0n) is 17.8. The van der Waals surface area contributed by atoms with Gasteiger partial charge in [-0.2, -0.15) is 0 Å². The summed E-state index contributed by atoms with van der Waals surface area (Å²) in [5, 5.41) is 9.35. The molecule has 7 nitrogen and oxygen atoms in total. The molecule has 2 amide bonds. The Kier molecular flexibility index (Phi) is 10.3. The Bertz CT molecular complexity index is 871. The fourth-order valence-electron chi connectivity index (χ4n) is 3.31. The van der Waals surface area contributed by atoms with E-state index >= 15 is 0 Å². The van der Waals surface area contributed by atoms with E-state index < -0.39 is 0 Å². The molecule has 0 aromatic heterocycles. The monoisotopic (exact) mass is 535 g/mol. The van der Waals surface area contributed by atoms with Crippen LogP contribution in [0.15, 0.2) is 59.6 Å². The summed E-state index contributed by atoms with van der Waals surface area (Å²) < 4.78 is 0. The number of halogens is 1. The van der Waals surface area contributed by atoms with Gasteiger partial charge in [0.25, 0.3) is 5.91 Å². The molecule has 0 radical (unpaired) electrons. The summed E-state index contributed by atoms with van der Waals surface area (Å²) in [6, 6.07) is 17.9. The number of rotatable bonds is 7. The van der Waals surface area contributed by atoms with Crippen LogP contribution in [0.2, 0.25) is 0 Å². The molecule has 0 unspecified atom stereocenters. The van der Waals surface area contributed by atoms with Crippen molar-refractivity contribution in [1.82, 2.24) is 20.9 Å². The quantitative estimate of drug-likeness (QED) is 0.220. The molecule has 3 rings (SSSR count). The maximum absolute atomic E-state index is 12.5. The van der Waals surface area contributed by atoms with Crippen molar-refractivity contribution >= 4 is 41.8 Å². The number of nitrogens with one attached hydrogen (secondary N) is 3. The first-order valence-electron chi connectivity index (χ1n) is 10.3. The third-order valence-corrected chi connectivity index (χ3v) is 4.99. The van der Waals surface area contributed by atoms with E-state index in [0.717, 1.165) is 30.9 Å². The van der Waals surface area contributed by atoms with E-state index in [9.17, 15) is 9.59 Å². The Balaban J connectivity index is 0.00000341. The minimum Gasteiger partial charge on any atom is -0.356 e.